The van der Waals surface area contributed by atoms with Crippen LogP contribution in [-0.2, 0) is 0 Å². The molecular formula is C18H15NO4. The summed E-state index contributed by atoms with van der Waals surface area (Å²) in [5.74, 6) is 1.24. The van der Waals surface area contributed by atoms with Crippen LogP contribution in [0.25, 0.3) is 21.9 Å². The minimum Gasteiger partial charge on any atom is -0.497 e. The van der Waals surface area contributed by atoms with E-state index in [9.17, 15) is 10.1 Å². The van der Waals surface area contributed by atoms with Crippen LogP contribution >= 0.6 is 0 Å². The molecule has 0 aliphatic heterocycles. The molecule has 5 nitrogen and oxygen atoms in total. The Hall–Kier alpha value is -3.08. The van der Waals surface area contributed by atoms with Crippen molar-refractivity contribution in [1.29, 1.82) is 0 Å². The maximum absolute atomic E-state index is 11.3. The molecule has 3 aromatic carbocycles. The highest BCUT2D eigenvalue weighted by Gasteiger charge is 2.17. The van der Waals surface area contributed by atoms with Crippen LogP contribution in [-0.4, -0.2) is 19.1 Å². The Balaban J connectivity index is 2.14. The minimum absolute atomic E-state index is 0.0252. The molecule has 0 radical (unpaired) electrons. The molecular weight excluding hydrogens is 294 g/mol. The van der Waals surface area contributed by atoms with Crippen molar-refractivity contribution in [3.05, 3.63) is 64.7 Å². The van der Waals surface area contributed by atoms with Crippen molar-refractivity contribution in [1.82, 2.24) is 0 Å². The molecule has 0 amide bonds. The average molecular weight is 309 g/mol. The largest absolute Gasteiger partial charge is 0.497 e. The van der Waals surface area contributed by atoms with Gasteiger partial charge in [0.05, 0.1) is 30.8 Å². The zero-order valence-corrected chi connectivity index (χ0v) is 12.8. The molecule has 0 atom stereocenters. The van der Waals surface area contributed by atoms with Crippen LogP contribution in [0.1, 0.15) is 0 Å². The molecule has 0 unspecified atom stereocenters. The molecule has 3 aromatic rings. The standard InChI is InChI=1S/C18H15NO4/c1-22-15-6-5-12-9-14(4-3-13(12)10-15)17-8-7-16(23-2)11-18(17)19(20)21/h3-11H,1-2H3. The molecule has 0 saturated heterocycles. The molecule has 0 aliphatic carbocycles. The Bertz CT molecular complexity index is 889. The summed E-state index contributed by atoms with van der Waals surface area (Å²) in [4.78, 5) is 11.0. The highest BCUT2D eigenvalue weighted by atomic mass is 16.6. The van der Waals surface area contributed by atoms with Crippen LogP contribution in [0, 0.1) is 10.1 Å². The van der Waals surface area contributed by atoms with E-state index in [0.717, 1.165) is 22.1 Å². The first-order valence-electron chi connectivity index (χ1n) is 7.03. The van der Waals surface area contributed by atoms with Gasteiger partial charge in [-0.05, 0) is 46.7 Å². The average Bonchev–Trinajstić information content (AvgIpc) is 2.60. The van der Waals surface area contributed by atoms with Crippen molar-refractivity contribution in [2.24, 2.45) is 0 Å². The lowest BCUT2D eigenvalue weighted by molar-refractivity contribution is -0.384. The van der Waals surface area contributed by atoms with Gasteiger partial charge in [-0.25, -0.2) is 0 Å². The van der Waals surface area contributed by atoms with Gasteiger partial charge in [0.25, 0.3) is 5.69 Å². The first-order valence-corrected chi connectivity index (χ1v) is 7.03. The van der Waals surface area contributed by atoms with Crippen LogP contribution in [0.3, 0.4) is 0 Å². The minimum atomic E-state index is -0.393. The molecule has 0 heterocycles. The van der Waals surface area contributed by atoms with Gasteiger partial charge in [-0.15, -0.1) is 0 Å². The number of nitro benzene ring substituents is 1. The number of ether oxygens (including phenoxy) is 2. The topological polar surface area (TPSA) is 61.6 Å². The van der Waals surface area contributed by atoms with Gasteiger partial charge in [0.2, 0.25) is 0 Å². The van der Waals surface area contributed by atoms with E-state index >= 15 is 0 Å². The van der Waals surface area contributed by atoms with Gasteiger partial charge in [-0.2, -0.15) is 0 Å². The lowest BCUT2D eigenvalue weighted by atomic mass is 9.99. The molecule has 0 aromatic heterocycles. The van der Waals surface area contributed by atoms with E-state index in [2.05, 4.69) is 0 Å². The summed E-state index contributed by atoms with van der Waals surface area (Å²) in [5.41, 5.74) is 1.38. The zero-order valence-electron chi connectivity index (χ0n) is 12.8. The molecule has 0 bridgehead atoms. The van der Waals surface area contributed by atoms with Crippen LogP contribution in [0.15, 0.2) is 54.6 Å². The van der Waals surface area contributed by atoms with E-state index in [1.54, 1.807) is 19.2 Å². The van der Waals surface area contributed by atoms with Crippen LogP contribution < -0.4 is 9.47 Å². The van der Waals surface area contributed by atoms with E-state index in [0.29, 0.717) is 11.3 Å². The second-order valence-corrected chi connectivity index (χ2v) is 5.07. The molecule has 0 saturated carbocycles. The van der Waals surface area contributed by atoms with Gasteiger partial charge in [-0.1, -0.05) is 18.2 Å². The maximum atomic E-state index is 11.3. The van der Waals surface area contributed by atoms with E-state index in [1.807, 2.05) is 36.4 Å². The number of rotatable bonds is 4. The van der Waals surface area contributed by atoms with Gasteiger partial charge in [0.15, 0.2) is 0 Å². The fraction of sp³-hybridized carbons (Fsp3) is 0.111. The second kappa shape index (κ2) is 5.96. The summed E-state index contributed by atoms with van der Waals surface area (Å²) in [6.45, 7) is 0. The highest BCUT2D eigenvalue weighted by molar-refractivity contribution is 5.90. The number of methoxy groups -OCH3 is 2. The van der Waals surface area contributed by atoms with Gasteiger partial charge in [0, 0.05) is 0 Å². The van der Waals surface area contributed by atoms with E-state index in [1.165, 1.54) is 13.2 Å². The summed E-state index contributed by atoms with van der Waals surface area (Å²) in [5, 5.41) is 13.4. The zero-order chi connectivity index (χ0) is 16.4. The molecule has 5 heteroatoms. The number of benzene rings is 3. The van der Waals surface area contributed by atoms with Gasteiger partial charge in [-0.3, -0.25) is 10.1 Å². The molecule has 116 valence electrons. The Kier molecular flexibility index (Phi) is 3.85. The molecule has 0 N–H and O–H groups in total. The number of hydrogen-bond donors (Lipinski definition) is 0. The lowest BCUT2D eigenvalue weighted by Crippen LogP contribution is -1.93. The highest BCUT2D eigenvalue weighted by Crippen LogP contribution is 2.35. The molecule has 0 spiro atoms. The van der Waals surface area contributed by atoms with E-state index in [4.69, 9.17) is 9.47 Å². The molecule has 0 aliphatic rings. The predicted octanol–water partition coefficient (Wildman–Crippen LogP) is 4.43. The smallest absolute Gasteiger partial charge is 0.280 e. The van der Waals surface area contributed by atoms with Gasteiger partial charge >= 0.3 is 0 Å². The van der Waals surface area contributed by atoms with E-state index < -0.39 is 4.92 Å². The van der Waals surface area contributed by atoms with Crippen molar-refractivity contribution in [3.8, 4) is 22.6 Å². The van der Waals surface area contributed by atoms with Crippen molar-refractivity contribution < 1.29 is 14.4 Å². The predicted molar refractivity (Wildman–Crippen MR) is 89.1 cm³/mol. The monoisotopic (exact) mass is 309 g/mol. The van der Waals surface area contributed by atoms with Crippen LogP contribution in [0.5, 0.6) is 11.5 Å². The first-order chi connectivity index (χ1) is 11.1. The normalized spacial score (nSPS) is 10.5. The molecule has 3 rings (SSSR count). The third-order valence-electron chi connectivity index (χ3n) is 3.76. The fourth-order valence-corrected chi connectivity index (χ4v) is 2.55. The van der Waals surface area contributed by atoms with E-state index in [-0.39, 0.29) is 5.69 Å². The lowest BCUT2D eigenvalue weighted by Gasteiger charge is -2.08. The summed E-state index contributed by atoms with van der Waals surface area (Å²) >= 11 is 0. The Morgan fingerprint density at radius 1 is 0.826 bits per heavy atom. The second-order valence-electron chi connectivity index (χ2n) is 5.07. The third kappa shape index (κ3) is 2.81. The summed E-state index contributed by atoms with van der Waals surface area (Å²) in [7, 11) is 3.11. The van der Waals surface area contributed by atoms with Crippen LogP contribution in [0.2, 0.25) is 0 Å². The number of nitro groups is 1. The number of fused-ring (bicyclic) bond motifs is 1. The Labute approximate surface area is 133 Å². The first kappa shape index (κ1) is 14.8. The quantitative estimate of drug-likeness (QED) is 0.528. The SMILES string of the molecule is COc1ccc(-c2ccc3cc(OC)ccc3c2)c([N+](=O)[O-])c1. The van der Waals surface area contributed by atoms with Gasteiger partial charge < -0.3 is 9.47 Å². The number of hydrogen-bond acceptors (Lipinski definition) is 4. The Morgan fingerprint density at radius 2 is 1.43 bits per heavy atom. The third-order valence-corrected chi connectivity index (χ3v) is 3.76. The van der Waals surface area contributed by atoms with Crippen LogP contribution in [0.4, 0.5) is 5.69 Å². The summed E-state index contributed by atoms with van der Waals surface area (Å²) in [6, 6.07) is 16.3. The van der Waals surface area contributed by atoms with Crippen molar-refractivity contribution >= 4 is 16.5 Å². The molecule has 0 fully saturated rings. The van der Waals surface area contributed by atoms with Crippen molar-refractivity contribution in [2.75, 3.05) is 14.2 Å². The number of nitrogens with zero attached hydrogens (tertiary/aromatic N) is 1. The maximum Gasteiger partial charge on any atom is 0.280 e. The van der Waals surface area contributed by atoms with Crippen molar-refractivity contribution in [3.63, 3.8) is 0 Å². The summed E-state index contributed by atoms with van der Waals surface area (Å²) in [6.07, 6.45) is 0. The van der Waals surface area contributed by atoms with Gasteiger partial charge in [0.1, 0.15) is 11.5 Å². The molecule has 23 heavy (non-hydrogen) atoms. The fourth-order valence-electron chi connectivity index (χ4n) is 2.55. The van der Waals surface area contributed by atoms with Crippen molar-refractivity contribution in [2.45, 2.75) is 0 Å². The summed E-state index contributed by atoms with van der Waals surface area (Å²) < 4.78 is 10.3. The Morgan fingerprint density at radius 3 is 2.13 bits per heavy atom.